The van der Waals surface area contributed by atoms with Crippen molar-refractivity contribution in [3.05, 3.63) is 47.3 Å². The first-order valence-corrected chi connectivity index (χ1v) is 6.47. The summed E-state index contributed by atoms with van der Waals surface area (Å²) in [5.74, 6) is 0. The van der Waals surface area contributed by atoms with Crippen LogP contribution in [0.2, 0.25) is 5.02 Å². The number of hydrogen-bond acceptors (Lipinski definition) is 3. The topological polar surface area (TPSA) is 42.7 Å². The average Bonchev–Trinajstić information content (AvgIpc) is 2.80. The number of pyridine rings is 1. The minimum absolute atomic E-state index is 0.692. The van der Waals surface area contributed by atoms with Crippen LogP contribution in [0, 0.1) is 0 Å². The van der Waals surface area contributed by atoms with E-state index in [0.717, 1.165) is 37.3 Å². The van der Waals surface area contributed by atoms with Crippen LogP contribution in [-0.4, -0.2) is 21.1 Å². The standard InChI is InChI=1S/C13H17ClN4/c1-2-4-15-6-12-9-18(10-17-12)8-11-3-5-16-7-13(11)14/h3,5,7,9-10,15H,2,4,6,8H2,1H3. The van der Waals surface area contributed by atoms with Crippen molar-refractivity contribution in [3.63, 3.8) is 0 Å². The molecule has 0 saturated carbocycles. The molecule has 0 aliphatic rings. The molecule has 4 nitrogen and oxygen atoms in total. The van der Waals surface area contributed by atoms with Crippen LogP contribution in [0.25, 0.3) is 0 Å². The molecule has 2 rings (SSSR count). The van der Waals surface area contributed by atoms with Gasteiger partial charge in [-0.25, -0.2) is 4.98 Å². The molecule has 2 aromatic heterocycles. The Morgan fingerprint density at radius 3 is 3.11 bits per heavy atom. The van der Waals surface area contributed by atoms with Gasteiger partial charge in [-0.05, 0) is 24.6 Å². The lowest BCUT2D eigenvalue weighted by molar-refractivity contribution is 0.665. The van der Waals surface area contributed by atoms with E-state index in [2.05, 4.69) is 22.2 Å². The zero-order chi connectivity index (χ0) is 12.8. The highest BCUT2D eigenvalue weighted by Gasteiger charge is 2.02. The number of hydrogen-bond donors (Lipinski definition) is 1. The molecule has 96 valence electrons. The lowest BCUT2D eigenvalue weighted by atomic mass is 10.2. The fourth-order valence-corrected chi connectivity index (χ4v) is 1.89. The molecule has 0 atom stereocenters. The van der Waals surface area contributed by atoms with Crippen molar-refractivity contribution in [1.82, 2.24) is 19.9 Å². The fourth-order valence-electron chi connectivity index (χ4n) is 1.71. The molecule has 2 heterocycles. The van der Waals surface area contributed by atoms with Gasteiger partial charge in [0.25, 0.3) is 0 Å². The second-order valence-corrected chi connectivity index (χ2v) is 4.59. The molecule has 0 bridgehead atoms. The van der Waals surface area contributed by atoms with Gasteiger partial charge >= 0.3 is 0 Å². The molecule has 0 saturated heterocycles. The Labute approximate surface area is 112 Å². The summed E-state index contributed by atoms with van der Waals surface area (Å²) in [6.07, 6.45) is 8.42. The summed E-state index contributed by atoms with van der Waals surface area (Å²) in [4.78, 5) is 8.33. The Hall–Kier alpha value is -1.39. The summed E-state index contributed by atoms with van der Waals surface area (Å²) in [6, 6.07) is 1.93. The first-order chi connectivity index (χ1) is 8.79. The molecule has 0 aliphatic heterocycles. The van der Waals surface area contributed by atoms with Crippen molar-refractivity contribution < 1.29 is 0 Å². The number of imidazole rings is 1. The van der Waals surface area contributed by atoms with Crippen molar-refractivity contribution in [2.45, 2.75) is 26.4 Å². The van der Waals surface area contributed by atoms with E-state index >= 15 is 0 Å². The number of rotatable bonds is 6. The molecule has 0 fully saturated rings. The van der Waals surface area contributed by atoms with Gasteiger partial charge in [-0.15, -0.1) is 0 Å². The molecule has 1 N–H and O–H groups in total. The monoisotopic (exact) mass is 264 g/mol. The van der Waals surface area contributed by atoms with Gasteiger partial charge in [-0.3, -0.25) is 4.98 Å². The SMILES string of the molecule is CCCNCc1cn(Cc2ccncc2Cl)cn1. The summed E-state index contributed by atoms with van der Waals surface area (Å²) in [7, 11) is 0. The largest absolute Gasteiger partial charge is 0.333 e. The zero-order valence-electron chi connectivity index (χ0n) is 10.4. The van der Waals surface area contributed by atoms with Gasteiger partial charge in [0.2, 0.25) is 0 Å². The lowest BCUT2D eigenvalue weighted by Gasteiger charge is -2.04. The minimum atomic E-state index is 0.692. The first kappa shape index (κ1) is 13.1. The average molecular weight is 265 g/mol. The fraction of sp³-hybridized carbons (Fsp3) is 0.385. The van der Waals surface area contributed by atoms with E-state index in [1.54, 1.807) is 12.4 Å². The molecule has 2 aromatic rings. The smallest absolute Gasteiger partial charge is 0.0953 e. The van der Waals surface area contributed by atoms with Crippen LogP contribution < -0.4 is 5.32 Å². The van der Waals surface area contributed by atoms with Crippen LogP contribution in [0.15, 0.2) is 31.0 Å². The van der Waals surface area contributed by atoms with Gasteiger partial charge in [0.05, 0.1) is 23.6 Å². The quantitative estimate of drug-likeness (QED) is 0.815. The molecule has 0 radical (unpaired) electrons. The Bertz CT molecular complexity index is 495. The Morgan fingerprint density at radius 1 is 1.44 bits per heavy atom. The summed E-state index contributed by atoms with van der Waals surface area (Å²) < 4.78 is 2.03. The summed E-state index contributed by atoms with van der Waals surface area (Å²) in [5.41, 5.74) is 2.10. The normalized spacial score (nSPS) is 10.8. The molecule has 0 amide bonds. The van der Waals surface area contributed by atoms with Gasteiger partial charge < -0.3 is 9.88 Å². The first-order valence-electron chi connectivity index (χ1n) is 6.09. The zero-order valence-corrected chi connectivity index (χ0v) is 11.2. The van der Waals surface area contributed by atoms with E-state index in [4.69, 9.17) is 11.6 Å². The van der Waals surface area contributed by atoms with Gasteiger partial charge in [0.15, 0.2) is 0 Å². The Morgan fingerprint density at radius 2 is 2.33 bits per heavy atom. The molecule has 5 heteroatoms. The Balaban J connectivity index is 1.96. The number of halogens is 1. The number of nitrogens with zero attached hydrogens (tertiary/aromatic N) is 3. The van der Waals surface area contributed by atoms with Gasteiger partial charge in [0.1, 0.15) is 0 Å². The Kier molecular flexibility index (Phi) is 4.73. The number of nitrogens with one attached hydrogen (secondary N) is 1. The van der Waals surface area contributed by atoms with E-state index in [-0.39, 0.29) is 0 Å². The van der Waals surface area contributed by atoms with Gasteiger partial charge in [0, 0.05) is 25.1 Å². The van der Waals surface area contributed by atoms with Gasteiger partial charge in [-0.2, -0.15) is 0 Å². The molecule has 18 heavy (non-hydrogen) atoms. The highest BCUT2D eigenvalue weighted by atomic mass is 35.5. The van der Waals surface area contributed by atoms with Crippen LogP contribution in [0.4, 0.5) is 0 Å². The minimum Gasteiger partial charge on any atom is -0.333 e. The highest BCUT2D eigenvalue weighted by Crippen LogP contribution is 2.14. The second-order valence-electron chi connectivity index (χ2n) is 4.18. The van der Waals surface area contributed by atoms with Crippen LogP contribution in [0.5, 0.6) is 0 Å². The maximum atomic E-state index is 6.07. The third kappa shape index (κ3) is 3.55. The van der Waals surface area contributed by atoms with Crippen LogP contribution >= 0.6 is 11.6 Å². The number of aromatic nitrogens is 3. The maximum absolute atomic E-state index is 6.07. The molecule has 0 spiro atoms. The lowest BCUT2D eigenvalue weighted by Crippen LogP contribution is -2.13. The van der Waals surface area contributed by atoms with Crippen LogP contribution in [0.3, 0.4) is 0 Å². The predicted molar refractivity (Wildman–Crippen MR) is 72.6 cm³/mol. The van der Waals surface area contributed by atoms with E-state index in [0.29, 0.717) is 5.02 Å². The predicted octanol–water partition coefficient (Wildman–Crippen LogP) is 2.48. The van der Waals surface area contributed by atoms with E-state index < -0.39 is 0 Å². The molecular formula is C13H17ClN4. The van der Waals surface area contributed by atoms with Gasteiger partial charge in [-0.1, -0.05) is 18.5 Å². The van der Waals surface area contributed by atoms with Crippen molar-refractivity contribution in [3.8, 4) is 0 Å². The summed E-state index contributed by atoms with van der Waals surface area (Å²) >= 11 is 6.07. The van der Waals surface area contributed by atoms with E-state index in [1.807, 2.05) is 23.2 Å². The van der Waals surface area contributed by atoms with Crippen molar-refractivity contribution in [2.75, 3.05) is 6.54 Å². The molecule has 0 aromatic carbocycles. The van der Waals surface area contributed by atoms with Crippen molar-refractivity contribution in [2.24, 2.45) is 0 Å². The second kappa shape index (κ2) is 6.52. The summed E-state index contributed by atoms with van der Waals surface area (Å²) in [5, 5.41) is 4.02. The molecular weight excluding hydrogens is 248 g/mol. The van der Waals surface area contributed by atoms with Crippen molar-refractivity contribution >= 4 is 11.6 Å². The van der Waals surface area contributed by atoms with Crippen LogP contribution in [-0.2, 0) is 13.1 Å². The van der Waals surface area contributed by atoms with Crippen LogP contribution in [0.1, 0.15) is 24.6 Å². The third-order valence-corrected chi connectivity index (χ3v) is 2.97. The van der Waals surface area contributed by atoms with E-state index in [9.17, 15) is 0 Å². The molecule has 0 unspecified atom stereocenters. The highest BCUT2D eigenvalue weighted by molar-refractivity contribution is 6.31. The summed E-state index contributed by atoms with van der Waals surface area (Å²) in [6.45, 7) is 4.70. The third-order valence-electron chi connectivity index (χ3n) is 2.63. The molecule has 0 aliphatic carbocycles. The maximum Gasteiger partial charge on any atom is 0.0953 e. The van der Waals surface area contributed by atoms with Crippen molar-refractivity contribution in [1.29, 1.82) is 0 Å². The van der Waals surface area contributed by atoms with E-state index in [1.165, 1.54) is 0 Å².